The van der Waals surface area contributed by atoms with E-state index in [1.165, 1.54) is 44.9 Å². The average molecular weight is 1100 g/mol. The molecule has 16 nitrogen and oxygen atoms in total. The Morgan fingerprint density at radius 1 is 0.645 bits per heavy atom. The van der Waals surface area contributed by atoms with Crippen LogP contribution in [0.3, 0.4) is 0 Å². The van der Waals surface area contributed by atoms with Crippen LogP contribution < -0.4 is 27.8 Å². The highest BCUT2D eigenvalue weighted by Crippen LogP contribution is 2.69. The van der Waals surface area contributed by atoms with E-state index in [1.54, 1.807) is 0 Å². The lowest BCUT2D eigenvalue weighted by Gasteiger charge is -2.65. The molecule has 446 valence electrons. The number of unbranched alkanes of at least 4 members (excludes halogenated alkanes) is 6. The van der Waals surface area contributed by atoms with E-state index in [0.717, 1.165) is 116 Å². The third-order valence-electron chi connectivity index (χ3n) is 18.3. The number of ether oxygens (including phenoxy) is 6. The lowest BCUT2D eigenvalue weighted by molar-refractivity contribution is -0.227. The molecule has 8 N–H and O–H groups in total. The normalized spacial score (nSPS) is 27.5. The van der Waals surface area contributed by atoms with E-state index in [1.807, 2.05) is 13.8 Å². The average Bonchev–Trinajstić information content (AvgIpc) is 3.83. The van der Waals surface area contributed by atoms with Crippen molar-refractivity contribution in [1.29, 1.82) is 0 Å². The topological polar surface area (TPSA) is 213 Å². The van der Waals surface area contributed by atoms with Gasteiger partial charge < -0.3 is 70.0 Å². The summed E-state index contributed by atoms with van der Waals surface area (Å²) in [5, 5.41) is 6.10. The van der Waals surface area contributed by atoms with Gasteiger partial charge in [-0.25, -0.2) is 4.79 Å². The van der Waals surface area contributed by atoms with Crippen LogP contribution in [-0.2, 0) is 42.1 Å². The molecule has 11 atom stereocenters. The van der Waals surface area contributed by atoms with Crippen LogP contribution in [0.25, 0.3) is 0 Å². The van der Waals surface area contributed by atoms with E-state index in [0.29, 0.717) is 140 Å². The fraction of sp³-hybridized carbons (Fsp3) is 0.966. The number of amides is 3. The highest BCUT2D eigenvalue weighted by molar-refractivity contribution is 6.44. The van der Waals surface area contributed by atoms with E-state index in [9.17, 15) is 9.59 Å². The van der Waals surface area contributed by atoms with Crippen LogP contribution in [0.4, 0.5) is 4.79 Å². The van der Waals surface area contributed by atoms with E-state index in [4.69, 9.17) is 54.5 Å². The van der Waals surface area contributed by atoms with Gasteiger partial charge in [-0.3, -0.25) is 4.79 Å². The highest BCUT2D eigenvalue weighted by atomic mass is 28.3. The summed E-state index contributed by atoms with van der Waals surface area (Å²) >= 11 is 0. The fourth-order valence-electron chi connectivity index (χ4n) is 14.2. The number of rotatable bonds is 45. The van der Waals surface area contributed by atoms with Crippen molar-refractivity contribution >= 4 is 21.2 Å². The van der Waals surface area contributed by atoms with Crippen molar-refractivity contribution in [3.8, 4) is 0 Å². The molecule has 3 amide bonds. The molecule has 0 aromatic heterocycles. The van der Waals surface area contributed by atoms with Gasteiger partial charge in [0.05, 0.1) is 58.0 Å². The summed E-state index contributed by atoms with van der Waals surface area (Å²) < 4.78 is 49.2. The molecule has 0 saturated heterocycles. The van der Waals surface area contributed by atoms with E-state index >= 15 is 0 Å². The SMILES string of the molecule is CCCCCCCCN(CCC[C@@H](C)[C@H]1CC[C@H]2C3[C@H](OCCCN)CC4C[C@H](OCCCN)CC[C@]4(C)[C@H]3C[C@H](OCCCN)C12C)C(=O)NCCOCCOCCOCCNC(=O)CCCC[SiH](OCC)OCC. The lowest BCUT2D eigenvalue weighted by atomic mass is 9.43. The Kier molecular flexibility index (Phi) is 34.4. The van der Waals surface area contributed by atoms with Crippen molar-refractivity contribution in [2.75, 3.05) is 118 Å². The van der Waals surface area contributed by atoms with Crippen molar-refractivity contribution in [1.82, 2.24) is 15.5 Å². The Bertz CT molecular complexity index is 1510. The molecule has 0 spiro atoms. The summed E-state index contributed by atoms with van der Waals surface area (Å²) in [6, 6.07) is 0.934. The molecule has 0 aromatic carbocycles. The molecule has 4 aliphatic rings. The highest BCUT2D eigenvalue weighted by Gasteiger charge is 2.66. The number of nitrogens with one attached hydrogen (secondary N) is 2. The Hall–Kier alpha value is -1.48. The molecule has 76 heavy (non-hydrogen) atoms. The van der Waals surface area contributed by atoms with E-state index in [2.05, 4.69) is 43.2 Å². The molecule has 0 aromatic rings. The molecule has 4 aliphatic carbocycles. The standard InChI is InChI=1S/C59H116N6O10Si/c1-7-10-11-12-13-15-32-65(57(67)64-31-38-69-40-42-70-41-39-68-37-30-63-55(66)22-14-16-43-76(74-8-2)75-9-3)33-17-21-47(4)50-23-24-51-56-52(46-54(59(50,51)6)73-36-20-29-62)58(5)26-25-49(71-34-18-27-60)44-48(58)45-53(56)72-35-19-28-61/h47-54,56,76H,7-46,60-62H2,1-6H3,(H,63,66)(H,64,67)/t47-,48?,49-,50-,51+,52+,53-,54+,56?,58+,59?/m1/s1. The van der Waals surface area contributed by atoms with Gasteiger partial charge in [-0.1, -0.05) is 66.2 Å². The second-order valence-corrected chi connectivity index (χ2v) is 25.5. The molecule has 0 radical (unpaired) electrons. The minimum absolute atomic E-state index is 0.00424. The smallest absolute Gasteiger partial charge is 0.321 e. The number of carbonyl (C=O) groups is 2. The van der Waals surface area contributed by atoms with Crippen molar-refractivity contribution in [3.63, 3.8) is 0 Å². The summed E-state index contributed by atoms with van der Waals surface area (Å²) in [6.07, 6.45) is 22.9. The third-order valence-corrected chi connectivity index (χ3v) is 20.6. The first-order valence-electron chi connectivity index (χ1n) is 31.2. The molecule has 17 heteroatoms. The Morgan fingerprint density at radius 2 is 1.26 bits per heavy atom. The van der Waals surface area contributed by atoms with Crippen molar-refractivity contribution in [3.05, 3.63) is 0 Å². The number of urea groups is 1. The number of hydrogen-bond acceptors (Lipinski definition) is 13. The summed E-state index contributed by atoms with van der Waals surface area (Å²) in [4.78, 5) is 28.0. The second kappa shape index (κ2) is 39.0. The van der Waals surface area contributed by atoms with Gasteiger partial charge in [0.2, 0.25) is 5.91 Å². The van der Waals surface area contributed by atoms with Gasteiger partial charge in [-0.05, 0) is 170 Å². The van der Waals surface area contributed by atoms with Gasteiger partial charge in [-0.2, -0.15) is 0 Å². The molecular weight excluding hydrogens is 981 g/mol. The number of nitrogens with zero attached hydrogens (tertiary/aromatic N) is 1. The lowest BCUT2D eigenvalue weighted by Crippen LogP contribution is -2.63. The second-order valence-electron chi connectivity index (χ2n) is 23.4. The molecule has 3 unspecified atom stereocenters. The predicted octanol–water partition coefficient (Wildman–Crippen LogP) is 8.49. The number of carbonyl (C=O) groups excluding carboxylic acids is 2. The van der Waals surface area contributed by atoms with Gasteiger partial charge in [0.15, 0.2) is 0 Å². The zero-order valence-corrected chi connectivity index (χ0v) is 50.5. The molecular formula is C59H116N6O10Si. The van der Waals surface area contributed by atoms with Crippen LogP contribution in [-0.4, -0.2) is 163 Å². The van der Waals surface area contributed by atoms with Gasteiger partial charge in [0, 0.05) is 71.0 Å². The molecule has 4 rings (SSSR count). The quantitative estimate of drug-likeness (QED) is 0.0286. The summed E-state index contributed by atoms with van der Waals surface area (Å²) in [6.45, 7) is 24.6. The van der Waals surface area contributed by atoms with Crippen LogP contribution in [0.2, 0.25) is 6.04 Å². The van der Waals surface area contributed by atoms with Crippen LogP contribution >= 0.6 is 0 Å². The molecule has 0 bridgehead atoms. The Labute approximate surface area is 464 Å². The maximum absolute atomic E-state index is 13.8. The third kappa shape index (κ3) is 22.1. The van der Waals surface area contributed by atoms with Crippen molar-refractivity contribution < 1.29 is 46.9 Å². The maximum atomic E-state index is 13.8. The zero-order valence-electron chi connectivity index (χ0n) is 49.3. The van der Waals surface area contributed by atoms with Crippen molar-refractivity contribution in [2.24, 2.45) is 63.5 Å². The number of hydrogen-bond donors (Lipinski definition) is 5. The van der Waals surface area contributed by atoms with Gasteiger partial charge in [0.25, 0.3) is 0 Å². The Morgan fingerprint density at radius 3 is 1.93 bits per heavy atom. The van der Waals surface area contributed by atoms with E-state index < -0.39 is 9.28 Å². The molecule has 0 heterocycles. The first kappa shape index (κ1) is 67.0. The van der Waals surface area contributed by atoms with Crippen LogP contribution in [0.1, 0.15) is 176 Å². The summed E-state index contributed by atoms with van der Waals surface area (Å²) in [5.74, 6) is 3.22. The van der Waals surface area contributed by atoms with Crippen LogP contribution in [0, 0.1) is 46.3 Å². The summed E-state index contributed by atoms with van der Waals surface area (Å²) in [7, 11) is -1.59. The minimum atomic E-state index is -1.59. The largest absolute Gasteiger partial charge is 0.397 e. The van der Waals surface area contributed by atoms with Crippen molar-refractivity contribution in [2.45, 2.75) is 201 Å². The van der Waals surface area contributed by atoms with Gasteiger partial charge >= 0.3 is 15.3 Å². The van der Waals surface area contributed by atoms with Gasteiger partial charge in [0.1, 0.15) is 0 Å². The van der Waals surface area contributed by atoms with Gasteiger partial charge in [-0.15, -0.1) is 0 Å². The molecule has 4 saturated carbocycles. The van der Waals surface area contributed by atoms with Crippen LogP contribution in [0.5, 0.6) is 0 Å². The first-order chi connectivity index (χ1) is 37.0. The van der Waals surface area contributed by atoms with Crippen LogP contribution in [0.15, 0.2) is 0 Å². The minimum Gasteiger partial charge on any atom is -0.397 e. The zero-order chi connectivity index (χ0) is 54.9. The monoisotopic (exact) mass is 1100 g/mol. The number of nitrogens with two attached hydrogens (primary N) is 3. The molecule has 4 fully saturated rings. The number of fused-ring (bicyclic) bond motifs is 5. The van der Waals surface area contributed by atoms with E-state index in [-0.39, 0.29) is 35.0 Å². The summed E-state index contributed by atoms with van der Waals surface area (Å²) in [5.41, 5.74) is 18.2. The first-order valence-corrected chi connectivity index (χ1v) is 33.0. The molecule has 0 aliphatic heterocycles. The predicted molar refractivity (Wildman–Crippen MR) is 307 cm³/mol. The Balaban J connectivity index is 1.24. The maximum Gasteiger partial charge on any atom is 0.321 e. The fourth-order valence-corrected chi connectivity index (χ4v) is 16.0.